The Balaban J connectivity index is 2.88. The van der Waals surface area contributed by atoms with Gasteiger partial charge < -0.3 is 5.32 Å². The van der Waals surface area contributed by atoms with Gasteiger partial charge in [-0.25, -0.2) is 0 Å². The lowest BCUT2D eigenvalue weighted by Crippen LogP contribution is -2.21. The van der Waals surface area contributed by atoms with E-state index in [1.165, 1.54) is 11.1 Å². The molecule has 0 fully saturated rings. The Bertz CT molecular complexity index is 385. The van der Waals surface area contributed by atoms with Crippen molar-refractivity contribution in [3.8, 4) is 0 Å². The second-order valence-electron chi connectivity index (χ2n) is 4.58. The lowest BCUT2D eigenvalue weighted by atomic mass is 9.98. The summed E-state index contributed by atoms with van der Waals surface area (Å²) in [7, 11) is 0. The first-order valence-corrected chi connectivity index (χ1v) is 6.56. The maximum atomic E-state index is 6.38. The van der Waals surface area contributed by atoms with Crippen LogP contribution in [0.4, 0.5) is 0 Å². The third-order valence-corrected chi connectivity index (χ3v) is 3.42. The van der Waals surface area contributed by atoms with E-state index in [0.717, 1.165) is 30.0 Å². The minimum atomic E-state index is 0.323. The first-order valence-electron chi connectivity index (χ1n) is 6.19. The molecule has 0 saturated heterocycles. The highest BCUT2D eigenvalue weighted by Gasteiger charge is 2.14. The summed E-state index contributed by atoms with van der Waals surface area (Å²) >= 11 is 6.38. The van der Waals surface area contributed by atoms with Crippen LogP contribution in [0.5, 0.6) is 0 Å². The van der Waals surface area contributed by atoms with Crippen molar-refractivity contribution in [1.29, 1.82) is 0 Å². The van der Waals surface area contributed by atoms with E-state index in [1.807, 2.05) is 13.0 Å². The largest absolute Gasteiger partial charge is 0.310 e. The molecule has 1 N–H and O–H groups in total. The minimum Gasteiger partial charge on any atom is -0.310 e. The number of benzene rings is 1. The van der Waals surface area contributed by atoms with Crippen LogP contribution in [0, 0.1) is 6.92 Å². The monoisotopic (exact) mass is 251 g/mol. The van der Waals surface area contributed by atoms with Crippen molar-refractivity contribution in [3.05, 3.63) is 46.5 Å². The summed E-state index contributed by atoms with van der Waals surface area (Å²) in [4.78, 5) is 0. The predicted molar refractivity (Wildman–Crippen MR) is 76.7 cm³/mol. The third-order valence-electron chi connectivity index (χ3n) is 2.91. The highest BCUT2D eigenvalue weighted by atomic mass is 35.5. The number of aryl methyl sites for hydroxylation is 1. The van der Waals surface area contributed by atoms with Crippen LogP contribution in [0.3, 0.4) is 0 Å². The van der Waals surface area contributed by atoms with Gasteiger partial charge in [0.2, 0.25) is 0 Å². The molecule has 1 aromatic rings. The topological polar surface area (TPSA) is 12.0 Å². The Labute approximate surface area is 110 Å². The van der Waals surface area contributed by atoms with E-state index in [-0.39, 0.29) is 0 Å². The highest BCUT2D eigenvalue weighted by Crippen LogP contribution is 2.29. The summed E-state index contributed by atoms with van der Waals surface area (Å²) in [6.45, 7) is 11.2. The number of halogens is 1. The van der Waals surface area contributed by atoms with E-state index >= 15 is 0 Å². The standard InChI is InChI=1S/C15H22ClN/c1-5-17-14(10-9-11(2)3)13-8-6-7-12(4)15(13)16/h6-8,14,17H,2,5,9-10H2,1,3-4H3. The Hall–Kier alpha value is -0.790. The number of hydrogen-bond acceptors (Lipinski definition) is 1. The van der Waals surface area contributed by atoms with E-state index in [4.69, 9.17) is 11.6 Å². The molecule has 0 aliphatic carbocycles. The summed E-state index contributed by atoms with van der Waals surface area (Å²) in [5.74, 6) is 0. The summed E-state index contributed by atoms with van der Waals surface area (Å²) in [6.07, 6.45) is 2.08. The fraction of sp³-hybridized carbons (Fsp3) is 0.467. The zero-order chi connectivity index (χ0) is 12.8. The maximum absolute atomic E-state index is 6.38. The number of hydrogen-bond donors (Lipinski definition) is 1. The normalized spacial score (nSPS) is 12.5. The van der Waals surface area contributed by atoms with Crippen LogP contribution < -0.4 is 5.32 Å². The van der Waals surface area contributed by atoms with Crippen LogP contribution in [0.1, 0.15) is 43.9 Å². The number of rotatable bonds is 6. The molecule has 0 radical (unpaired) electrons. The summed E-state index contributed by atoms with van der Waals surface area (Å²) in [6, 6.07) is 6.56. The van der Waals surface area contributed by atoms with Crippen LogP contribution in [0.15, 0.2) is 30.4 Å². The maximum Gasteiger partial charge on any atom is 0.0482 e. The van der Waals surface area contributed by atoms with Crippen molar-refractivity contribution in [2.75, 3.05) is 6.54 Å². The molecule has 1 unspecified atom stereocenters. The Kier molecular flexibility index (Phi) is 5.73. The van der Waals surface area contributed by atoms with Crippen LogP contribution >= 0.6 is 11.6 Å². The van der Waals surface area contributed by atoms with Gasteiger partial charge in [0.05, 0.1) is 0 Å². The Morgan fingerprint density at radius 2 is 2.18 bits per heavy atom. The SMILES string of the molecule is C=C(C)CCC(NCC)c1cccc(C)c1Cl. The lowest BCUT2D eigenvalue weighted by Gasteiger charge is -2.20. The molecule has 0 aromatic heterocycles. The van der Waals surface area contributed by atoms with Crippen LogP contribution in [0.25, 0.3) is 0 Å². The third kappa shape index (κ3) is 4.18. The molecule has 1 rings (SSSR count). The van der Waals surface area contributed by atoms with Gasteiger partial charge in [-0.15, -0.1) is 6.58 Å². The van der Waals surface area contributed by atoms with Crippen LogP contribution in [-0.2, 0) is 0 Å². The molecule has 0 amide bonds. The van der Waals surface area contributed by atoms with Gasteiger partial charge in [0, 0.05) is 11.1 Å². The first-order chi connectivity index (χ1) is 8.06. The quantitative estimate of drug-likeness (QED) is 0.726. The minimum absolute atomic E-state index is 0.323. The predicted octanol–water partition coefficient (Wildman–Crippen LogP) is 4.66. The van der Waals surface area contributed by atoms with Gasteiger partial charge in [-0.2, -0.15) is 0 Å². The van der Waals surface area contributed by atoms with E-state index in [2.05, 4.69) is 37.9 Å². The molecule has 2 heteroatoms. The van der Waals surface area contributed by atoms with Crippen LogP contribution in [-0.4, -0.2) is 6.54 Å². The van der Waals surface area contributed by atoms with Gasteiger partial charge in [0.15, 0.2) is 0 Å². The Morgan fingerprint density at radius 1 is 1.47 bits per heavy atom. The summed E-state index contributed by atoms with van der Waals surface area (Å²) in [5, 5.41) is 4.39. The van der Waals surface area contributed by atoms with Gasteiger partial charge in [0.25, 0.3) is 0 Å². The van der Waals surface area contributed by atoms with E-state index in [1.54, 1.807) is 0 Å². The average Bonchev–Trinajstić information content (AvgIpc) is 2.28. The molecule has 0 heterocycles. The fourth-order valence-electron chi connectivity index (χ4n) is 1.94. The Morgan fingerprint density at radius 3 is 2.76 bits per heavy atom. The van der Waals surface area contributed by atoms with Crippen molar-refractivity contribution in [2.24, 2.45) is 0 Å². The van der Waals surface area contributed by atoms with Crippen molar-refractivity contribution in [2.45, 2.75) is 39.7 Å². The number of nitrogens with one attached hydrogen (secondary N) is 1. The molecular formula is C15H22ClN. The van der Waals surface area contributed by atoms with Gasteiger partial charge in [0.1, 0.15) is 0 Å². The summed E-state index contributed by atoms with van der Waals surface area (Å²) in [5.41, 5.74) is 3.56. The molecule has 17 heavy (non-hydrogen) atoms. The van der Waals surface area contributed by atoms with Crippen molar-refractivity contribution in [3.63, 3.8) is 0 Å². The molecule has 0 bridgehead atoms. The van der Waals surface area contributed by atoms with Gasteiger partial charge in [-0.05, 0) is 44.4 Å². The molecule has 94 valence electrons. The van der Waals surface area contributed by atoms with Crippen molar-refractivity contribution >= 4 is 11.6 Å². The van der Waals surface area contributed by atoms with Crippen molar-refractivity contribution < 1.29 is 0 Å². The van der Waals surface area contributed by atoms with E-state index in [9.17, 15) is 0 Å². The average molecular weight is 252 g/mol. The van der Waals surface area contributed by atoms with E-state index in [0.29, 0.717) is 6.04 Å². The van der Waals surface area contributed by atoms with Gasteiger partial charge in [-0.3, -0.25) is 0 Å². The zero-order valence-corrected chi connectivity index (χ0v) is 11.8. The summed E-state index contributed by atoms with van der Waals surface area (Å²) < 4.78 is 0. The zero-order valence-electron chi connectivity index (χ0n) is 11.0. The second kappa shape index (κ2) is 6.83. The molecule has 0 spiro atoms. The van der Waals surface area contributed by atoms with Crippen molar-refractivity contribution in [1.82, 2.24) is 5.32 Å². The molecule has 0 saturated carbocycles. The van der Waals surface area contributed by atoms with Crippen LogP contribution in [0.2, 0.25) is 5.02 Å². The molecule has 1 aromatic carbocycles. The molecule has 1 nitrogen and oxygen atoms in total. The van der Waals surface area contributed by atoms with Gasteiger partial charge in [-0.1, -0.05) is 42.3 Å². The molecule has 1 atom stereocenters. The first kappa shape index (κ1) is 14.3. The number of allylic oxidation sites excluding steroid dienone is 1. The molecular weight excluding hydrogens is 230 g/mol. The smallest absolute Gasteiger partial charge is 0.0482 e. The molecule has 0 aliphatic heterocycles. The second-order valence-corrected chi connectivity index (χ2v) is 4.96. The fourth-order valence-corrected chi connectivity index (χ4v) is 2.20. The molecule has 0 aliphatic rings. The van der Waals surface area contributed by atoms with E-state index < -0.39 is 0 Å². The highest BCUT2D eigenvalue weighted by molar-refractivity contribution is 6.32. The lowest BCUT2D eigenvalue weighted by molar-refractivity contribution is 0.514. The van der Waals surface area contributed by atoms with Gasteiger partial charge >= 0.3 is 0 Å².